The highest BCUT2D eigenvalue weighted by Gasteiger charge is 2.29. The van der Waals surface area contributed by atoms with Gasteiger partial charge in [-0.15, -0.1) is 11.3 Å². The highest BCUT2D eigenvalue weighted by molar-refractivity contribution is 7.10. The van der Waals surface area contributed by atoms with E-state index in [0.29, 0.717) is 13.1 Å². The third-order valence-corrected chi connectivity index (χ3v) is 6.80. The van der Waals surface area contributed by atoms with Crippen molar-refractivity contribution in [3.63, 3.8) is 0 Å². The van der Waals surface area contributed by atoms with Gasteiger partial charge in [0.2, 0.25) is 11.8 Å². The summed E-state index contributed by atoms with van der Waals surface area (Å²) in [6.07, 6.45) is 3.26. The molecule has 0 aromatic carbocycles. The molecule has 0 saturated carbocycles. The average Bonchev–Trinajstić information content (AvgIpc) is 3.33. The van der Waals surface area contributed by atoms with Crippen LogP contribution in [0.25, 0.3) is 0 Å². The zero-order valence-corrected chi connectivity index (χ0v) is 19.0. The van der Waals surface area contributed by atoms with E-state index < -0.39 is 0 Å². The van der Waals surface area contributed by atoms with E-state index in [0.717, 1.165) is 58.5 Å². The van der Waals surface area contributed by atoms with Crippen LogP contribution in [0.3, 0.4) is 0 Å². The minimum Gasteiger partial charge on any atom is -0.347 e. The molecule has 2 fully saturated rings. The van der Waals surface area contributed by atoms with Crippen molar-refractivity contribution in [3.05, 3.63) is 22.4 Å². The van der Waals surface area contributed by atoms with Crippen LogP contribution in [0.15, 0.2) is 17.5 Å². The minimum atomic E-state index is -0.0357. The average molecular weight is 421 g/mol. The van der Waals surface area contributed by atoms with Crippen LogP contribution in [-0.2, 0) is 9.59 Å². The molecule has 0 spiro atoms. The standard InChI is InChI=1S/C22H36N4O2S/c1-22(2,3)21(18-8-6-15-29-18)23-19(27)16-24-9-7-10-25(14-13-24)17-20(28)26-11-4-5-12-26/h6,8,15,21H,4-5,7,9-14,16-17H2,1-3H3,(H,23,27). The smallest absolute Gasteiger partial charge is 0.236 e. The molecule has 2 aliphatic rings. The van der Waals surface area contributed by atoms with Gasteiger partial charge in [-0.05, 0) is 49.2 Å². The first-order valence-electron chi connectivity index (χ1n) is 10.9. The zero-order chi connectivity index (χ0) is 20.9. The summed E-state index contributed by atoms with van der Waals surface area (Å²) in [7, 11) is 0. The third kappa shape index (κ3) is 6.52. The maximum absolute atomic E-state index is 12.8. The van der Waals surface area contributed by atoms with Crippen molar-refractivity contribution >= 4 is 23.2 Å². The normalized spacial score (nSPS) is 20.4. The van der Waals surface area contributed by atoms with Crippen molar-refractivity contribution in [3.8, 4) is 0 Å². The van der Waals surface area contributed by atoms with Gasteiger partial charge in [0, 0.05) is 31.1 Å². The Morgan fingerprint density at radius 3 is 2.24 bits per heavy atom. The summed E-state index contributed by atoms with van der Waals surface area (Å²) in [4.78, 5) is 32.9. The maximum Gasteiger partial charge on any atom is 0.236 e. The van der Waals surface area contributed by atoms with Gasteiger partial charge in [0.25, 0.3) is 0 Å². The van der Waals surface area contributed by atoms with Crippen molar-refractivity contribution in [1.29, 1.82) is 0 Å². The minimum absolute atomic E-state index is 0.0246. The number of hydrogen-bond acceptors (Lipinski definition) is 5. The highest BCUT2D eigenvalue weighted by atomic mass is 32.1. The molecular formula is C22H36N4O2S. The number of amides is 2. The molecule has 2 saturated heterocycles. The van der Waals surface area contributed by atoms with E-state index in [1.54, 1.807) is 11.3 Å². The Balaban J connectivity index is 1.47. The quantitative estimate of drug-likeness (QED) is 0.769. The van der Waals surface area contributed by atoms with Crippen molar-refractivity contribution < 1.29 is 9.59 Å². The number of nitrogens with zero attached hydrogens (tertiary/aromatic N) is 3. The first kappa shape index (κ1) is 22.2. The number of carbonyl (C=O) groups excluding carboxylic acids is 2. The van der Waals surface area contributed by atoms with Gasteiger partial charge in [-0.25, -0.2) is 0 Å². The predicted octanol–water partition coefficient (Wildman–Crippen LogP) is 2.58. The molecule has 1 N–H and O–H groups in total. The Hall–Kier alpha value is -1.44. The van der Waals surface area contributed by atoms with Gasteiger partial charge in [-0.2, -0.15) is 0 Å². The fraction of sp³-hybridized carbons (Fsp3) is 0.727. The van der Waals surface area contributed by atoms with Crippen LogP contribution in [-0.4, -0.2) is 78.9 Å². The molecule has 2 aliphatic heterocycles. The third-order valence-electron chi connectivity index (χ3n) is 5.87. The molecule has 1 aromatic heterocycles. The van der Waals surface area contributed by atoms with E-state index in [9.17, 15) is 9.59 Å². The first-order chi connectivity index (χ1) is 13.8. The summed E-state index contributed by atoms with van der Waals surface area (Å²) in [5, 5.41) is 5.33. The topological polar surface area (TPSA) is 55.9 Å². The van der Waals surface area contributed by atoms with Crippen LogP contribution in [0.2, 0.25) is 0 Å². The lowest BCUT2D eigenvalue weighted by molar-refractivity contribution is -0.131. The molecule has 0 aliphatic carbocycles. The Morgan fingerprint density at radius 2 is 1.66 bits per heavy atom. The van der Waals surface area contributed by atoms with Gasteiger partial charge >= 0.3 is 0 Å². The molecule has 0 radical (unpaired) electrons. The van der Waals surface area contributed by atoms with E-state index in [1.807, 2.05) is 11.0 Å². The molecule has 6 nitrogen and oxygen atoms in total. The molecule has 1 unspecified atom stereocenters. The Bertz CT molecular complexity index is 665. The summed E-state index contributed by atoms with van der Waals surface area (Å²) in [5.74, 6) is 0.345. The highest BCUT2D eigenvalue weighted by Crippen LogP contribution is 2.35. The first-order valence-corrected chi connectivity index (χ1v) is 11.8. The second-order valence-electron chi connectivity index (χ2n) is 9.38. The van der Waals surface area contributed by atoms with Gasteiger partial charge in [0.15, 0.2) is 0 Å². The number of likely N-dealkylation sites (tertiary alicyclic amines) is 1. The van der Waals surface area contributed by atoms with E-state index >= 15 is 0 Å². The Labute approximate surface area is 179 Å². The molecule has 2 amide bonds. The molecule has 3 rings (SSSR count). The van der Waals surface area contributed by atoms with Crippen LogP contribution in [0.4, 0.5) is 0 Å². The van der Waals surface area contributed by atoms with Crippen LogP contribution < -0.4 is 5.32 Å². The van der Waals surface area contributed by atoms with Crippen LogP contribution >= 0.6 is 11.3 Å². The lowest BCUT2D eigenvalue weighted by atomic mass is 9.85. The van der Waals surface area contributed by atoms with Crippen LogP contribution in [0.5, 0.6) is 0 Å². The number of hydrogen-bond donors (Lipinski definition) is 1. The van der Waals surface area contributed by atoms with Crippen molar-refractivity contribution in [2.75, 3.05) is 52.4 Å². The second-order valence-corrected chi connectivity index (χ2v) is 10.4. The van der Waals surface area contributed by atoms with Gasteiger partial charge in [-0.3, -0.25) is 19.4 Å². The van der Waals surface area contributed by atoms with E-state index in [-0.39, 0.29) is 23.3 Å². The van der Waals surface area contributed by atoms with Crippen molar-refractivity contribution in [1.82, 2.24) is 20.0 Å². The van der Waals surface area contributed by atoms with Gasteiger partial charge in [0.05, 0.1) is 19.1 Å². The van der Waals surface area contributed by atoms with Crippen molar-refractivity contribution in [2.24, 2.45) is 5.41 Å². The number of nitrogens with one attached hydrogen (secondary N) is 1. The number of rotatable bonds is 6. The maximum atomic E-state index is 12.8. The summed E-state index contributed by atoms with van der Waals surface area (Å²) in [6.45, 7) is 12.8. The summed E-state index contributed by atoms with van der Waals surface area (Å²) < 4.78 is 0. The van der Waals surface area contributed by atoms with Gasteiger partial charge in [0.1, 0.15) is 0 Å². The lowest BCUT2D eigenvalue weighted by Gasteiger charge is -2.31. The molecule has 3 heterocycles. The van der Waals surface area contributed by atoms with Crippen molar-refractivity contribution in [2.45, 2.75) is 46.1 Å². The Kier molecular flexibility index (Phi) is 7.71. The summed E-state index contributed by atoms with van der Waals surface area (Å²) in [6, 6.07) is 4.16. The van der Waals surface area contributed by atoms with Crippen LogP contribution in [0.1, 0.15) is 51.0 Å². The predicted molar refractivity (Wildman–Crippen MR) is 118 cm³/mol. The number of carbonyl (C=O) groups is 2. The largest absolute Gasteiger partial charge is 0.347 e. The van der Waals surface area contributed by atoms with Gasteiger partial charge in [-0.1, -0.05) is 26.8 Å². The molecule has 29 heavy (non-hydrogen) atoms. The summed E-state index contributed by atoms with van der Waals surface area (Å²) >= 11 is 1.69. The second kappa shape index (κ2) is 10.0. The van der Waals surface area contributed by atoms with E-state index in [2.05, 4.69) is 47.3 Å². The molecular weight excluding hydrogens is 384 g/mol. The van der Waals surface area contributed by atoms with E-state index in [1.165, 1.54) is 4.88 Å². The fourth-order valence-corrected chi connectivity index (χ4v) is 5.20. The number of thiophene rings is 1. The van der Waals surface area contributed by atoms with Crippen LogP contribution in [0, 0.1) is 5.41 Å². The molecule has 162 valence electrons. The van der Waals surface area contributed by atoms with Gasteiger partial charge < -0.3 is 10.2 Å². The monoisotopic (exact) mass is 420 g/mol. The molecule has 0 bridgehead atoms. The molecule has 1 aromatic rings. The fourth-order valence-electron chi connectivity index (χ4n) is 4.18. The zero-order valence-electron chi connectivity index (χ0n) is 18.2. The SMILES string of the molecule is CC(C)(C)C(NC(=O)CN1CCCN(CC(=O)N2CCCC2)CC1)c1cccs1. The summed E-state index contributed by atoms with van der Waals surface area (Å²) in [5.41, 5.74) is -0.0357. The molecule has 1 atom stereocenters. The Morgan fingerprint density at radius 1 is 1.00 bits per heavy atom. The lowest BCUT2D eigenvalue weighted by Crippen LogP contribution is -2.44. The molecule has 7 heteroatoms. The van der Waals surface area contributed by atoms with E-state index in [4.69, 9.17) is 0 Å².